The molecular formula is C10H10BrNO. The number of hydrogen-bond acceptors (Lipinski definition) is 2. The van der Waals surface area contributed by atoms with Crippen LogP contribution in [0.4, 0.5) is 0 Å². The smallest absolute Gasteiger partial charge is 0.0998 e. The Kier molecular flexibility index (Phi) is 3.07. The zero-order valence-corrected chi connectivity index (χ0v) is 8.87. The van der Waals surface area contributed by atoms with E-state index in [9.17, 15) is 5.11 Å². The van der Waals surface area contributed by atoms with Crippen molar-refractivity contribution in [2.75, 3.05) is 0 Å². The van der Waals surface area contributed by atoms with Crippen LogP contribution in [-0.4, -0.2) is 5.11 Å². The molecule has 0 spiro atoms. The van der Waals surface area contributed by atoms with Crippen molar-refractivity contribution < 1.29 is 5.11 Å². The lowest BCUT2D eigenvalue weighted by molar-refractivity contribution is 0.0624. The summed E-state index contributed by atoms with van der Waals surface area (Å²) < 4.78 is 0.906. The summed E-state index contributed by atoms with van der Waals surface area (Å²) in [4.78, 5) is 0. The van der Waals surface area contributed by atoms with Gasteiger partial charge in [0.1, 0.15) is 0 Å². The normalized spacial score (nSPS) is 14.6. The van der Waals surface area contributed by atoms with Crippen molar-refractivity contribution in [1.29, 1.82) is 5.26 Å². The second-order valence-electron chi connectivity index (χ2n) is 3.12. The van der Waals surface area contributed by atoms with Crippen LogP contribution in [0.15, 0.2) is 28.7 Å². The van der Waals surface area contributed by atoms with Crippen LogP contribution < -0.4 is 0 Å². The minimum Gasteiger partial charge on any atom is -0.384 e. The van der Waals surface area contributed by atoms with Crippen molar-refractivity contribution in [1.82, 2.24) is 0 Å². The molecule has 0 fully saturated rings. The molecule has 0 aliphatic heterocycles. The second kappa shape index (κ2) is 3.91. The molecule has 68 valence electrons. The fraction of sp³-hybridized carbons (Fsp3) is 0.300. The van der Waals surface area contributed by atoms with E-state index in [-0.39, 0.29) is 6.42 Å². The van der Waals surface area contributed by atoms with Gasteiger partial charge in [0, 0.05) is 4.47 Å². The lowest BCUT2D eigenvalue weighted by Gasteiger charge is -2.20. The van der Waals surface area contributed by atoms with Gasteiger partial charge in [-0.15, -0.1) is 0 Å². The molecule has 0 radical (unpaired) electrons. The molecular weight excluding hydrogens is 230 g/mol. The summed E-state index contributed by atoms with van der Waals surface area (Å²) in [7, 11) is 0. The lowest BCUT2D eigenvalue weighted by atomic mass is 9.93. The first-order chi connectivity index (χ1) is 6.06. The predicted octanol–water partition coefficient (Wildman–Crippen LogP) is 2.57. The van der Waals surface area contributed by atoms with Crippen LogP contribution in [0.2, 0.25) is 0 Å². The van der Waals surface area contributed by atoms with E-state index in [2.05, 4.69) is 15.9 Å². The third-order valence-corrected chi connectivity index (χ3v) is 2.36. The molecule has 0 saturated heterocycles. The molecule has 1 N–H and O–H groups in total. The first-order valence-electron chi connectivity index (χ1n) is 3.91. The Balaban J connectivity index is 3.01. The second-order valence-corrected chi connectivity index (χ2v) is 4.03. The fourth-order valence-electron chi connectivity index (χ4n) is 1.08. The molecule has 0 aliphatic rings. The molecule has 1 rings (SSSR count). The number of benzene rings is 1. The van der Waals surface area contributed by atoms with Crippen LogP contribution in [0.3, 0.4) is 0 Å². The predicted molar refractivity (Wildman–Crippen MR) is 53.9 cm³/mol. The van der Waals surface area contributed by atoms with Gasteiger partial charge < -0.3 is 5.11 Å². The third-order valence-electron chi connectivity index (χ3n) is 1.87. The number of aliphatic hydroxyl groups is 1. The van der Waals surface area contributed by atoms with Crippen LogP contribution in [0, 0.1) is 11.3 Å². The highest BCUT2D eigenvalue weighted by Crippen LogP contribution is 2.25. The molecule has 0 aromatic heterocycles. The molecule has 1 unspecified atom stereocenters. The molecule has 0 amide bonds. The van der Waals surface area contributed by atoms with Crippen molar-refractivity contribution in [2.45, 2.75) is 18.9 Å². The Morgan fingerprint density at radius 3 is 2.85 bits per heavy atom. The summed E-state index contributed by atoms with van der Waals surface area (Å²) in [5, 5.41) is 18.4. The molecule has 0 bridgehead atoms. The number of halogens is 1. The van der Waals surface area contributed by atoms with E-state index in [0.717, 1.165) is 10.0 Å². The van der Waals surface area contributed by atoms with Crippen LogP contribution >= 0.6 is 15.9 Å². The number of nitrogens with zero attached hydrogens (tertiary/aromatic N) is 1. The van der Waals surface area contributed by atoms with Crippen molar-refractivity contribution >= 4 is 15.9 Å². The quantitative estimate of drug-likeness (QED) is 0.863. The van der Waals surface area contributed by atoms with Crippen LogP contribution in [-0.2, 0) is 5.60 Å². The minimum absolute atomic E-state index is 0.101. The van der Waals surface area contributed by atoms with Gasteiger partial charge in [-0.3, -0.25) is 0 Å². The summed E-state index contributed by atoms with van der Waals surface area (Å²) in [5.41, 5.74) is -0.304. The molecule has 0 heterocycles. The van der Waals surface area contributed by atoms with E-state index in [1.54, 1.807) is 6.92 Å². The number of nitriles is 1. The Bertz CT molecular complexity index is 341. The van der Waals surface area contributed by atoms with E-state index in [1.165, 1.54) is 0 Å². The van der Waals surface area contributed by atoms with E-state index in [1.807, 2.05) is 30.3 Å². The minimum atomic E-state index is -1.06. The standard InChI is InChI=1S/C10H10BrNO/c1-10(13,5-6-12)8-3-2-4-9(11)7-8/h2-4,7,13H,5H2,1H3. The first-order valence-corrected chi connectivity index (χ1v) is 4.71. The molecule has 1 atom stereocenters. The third kappa shape index (κ3) is 2.55. The molecule has 13 heavy (non-hydrogen) atoms. The number of hydrogen-bond donors (Lipinski definition) is 1. The van der Waals surface area contributed by atoms with Crippen LogP contribution in [0.1, 0.15) is 18.9 Å². The Labute approximate surface area is 85.9 Å². The van der Waals surface area contributed by atoms with Gasteiger partial charge in [-0.1, -0.05) is 28.1 Å². The van der Waals surface area contributed by atoms with Gasteiger partial charge in [0.25, 0.3) is 0 Å². The zero-order valence-electron chi connectivity index (χ0n) is 7.29. The van der Waals surface area contributed by atoms with Gasteiger partial charge >= 0.3 is 0 Å². The molecule has 1 aromatic carbocycles. The van der Waals surface area contributed by atoms with Gasteiger partial charge in [0.15, 0.2) is 0 Å². The summed E-state index contributed by atoms with van der Waals surface area (Å²) in [6.45, 7) is 1.64. The van der Waals surface area contributed by atoms with Gasteiger partial charge in [-0.2, -0.15) is 5.26 Å². The average molecular weight is 240 g/mol. The van der Waals surface area contributed by atoms with Gasteiger partial charge in [0.05, 0.1) is 18.1 Å². The molecule has 3 heteroatoms. The summed E-state index contributed by atoms with van der Waals surface area (Å²) >= 11 is 3.31. The van der Waals surface area contributed by atoms with E-state index in [0.29, 0.717) is 0 Å². The first kappa shape index (κ1) is 10.2. The van der Waals surface area contributed by atoms with E-state index >= 15 is 0 Å². The monoisotopic (exact) mass is 239 g/mol. The molecule has 0 aliphatic carbocycles. The fourth-order valence-corrected chi connectivity index (χ4v) is 1.48. The highest BCUT2D eigenvalue weighted by Gasteiger charge is 2.22. The Hall–Kier alpha value is -0.850. The molecule has 0 saturated carbocycles. The maximum absolute atomic E-state index is 9.87. The lowest BCUT2D eigenvalue weighted by Crippen LogP contribution is -2.19. The summed E-state index contributed by atoms with van der Waals surface area (Å²) in [6, 6.07) is 9.30. The number of rotatable bonds is 2. The largest absolute Gasteiger partial charge is 0.384 e. The van der Waals surface area contributed by atoms with E-state index < -0.39 is 5.60 Å². The average Bonchev–Trinajstić information content (AvgIpc) is 2.04. The Morgan fingerprint density at radius 1 is 1.62 bits per heavy atom. The van der Waals surface area contributed by atoms with E-state index in [4.69, 9.17) is 5.26 Å². The van der Waals surface area contributed by atoms with Crippen molar-refractivity contribution in [3.05, 3.63) is 34.3 Å². The SMILES string of the molecule is CC(O)(CC#N)c1cccc(Br)c1. The van der Waals surface area contributed by atoms with Gasteiger partial charge in [-0.25, -0.2) is 0 Å². The Morgan fingerprint density at radius 2 is 2.31 bits per heavy atom. The highest BCUT2D eigenvalue weighted by molar-refractivity contribution is 9.10. The highest BCUT2D eigenvalue weighted by atomic mass is 79.9. The van der Waals surface area contributed by atoms with Gasteiger partial charge in [-0.05, 0) is 24.6 Å². The maximum atomic E-state index is 9.87. The topological polar surface area (TPSA) is 44.0 Å². The van der Waals surface area contributed by atoms with Crippen LogP contribution in [0.5, 0.6) is 0 Å². The summed E-state index contributed by atoms with van der Waals surface area (Å²) in [5.74, 6) is 0. The molecule has 2 nitrogen and oxygen atoms in total. The van der Waals surface area contributed by atoms with Crippen molar-refractivity contribution in [3.63, 3.8) is 0 Å². The van der Waals surface area contributed by atoms with Crippen LogP contribution in [0.25, 0.3) is 0 Å². The maximum Gasteiger partial charge on any atom is 0.0998 e. The summed E-state index contributed by atoms with van der Waals surface area (Å²) in [6.07, 6.45) is 0.101. The van der Waals surface area contributed by atoms with Gasteiger partial charge in [0.2, 0.25) is 0 Å². The van der Waals surface area contributed by atoms with Crippen molar-refractivity contribution in [2.24, 2.45) is 0 Å². The zero-order chi connectivity index (χ0) is 9.90. The van der Waals surface area contributed by atoms with Crippen molar-refractivity contribution in [3.8, 4) is 6.07 Å². The molecule has 1 aromatic rings.